The quantitative estimate of drug-likeness (QED) is 0.563. The van der Waals surface area contributed by atoms with Crippen LogP contribution in [0.4, 0.5) is 5.82 Å². The number of nitrogens with zero attached hydrogens (tertiary/aromatic N) is 5. The number of piperazine rings is 1. The second-order valence-electron chi connectivity index (χ2n) is 7.81. The number of aliphatic hydroxyl groups excluding tert-OH is 1. The molecule has 3 heterocycles. The molecule has 0 saturated carbocycles. The van der Waals surface area contributed by atoms with Gasteiger partial charge in [-0.05, 0) is 18.1 Å². The first-order valence-electron chi connectivity index (χ1n) is 10.3. The fourth-order valence-electron chi connectivity index (χ4n) is 3.96. The van der Waals surface area contributed by atoms with E-state index in [4.69, 9.17) is 0 Å². The summed E-state index contributed by atoms with van der Waals surface area (Å²) in [6.45, 7) is 2.91. The van der Waals surface area contributed by atoms with Crippen molar-refractivity contribution in [2.75, 3.05) is 44.4 Å². The lowest BCUT2D eigenvalue weighted by atomic mass is 10.1. The predicted molar refractivity (Wildman–Crippen MR) is 120 cm³/mol. The number of hydrogen-bond donors (Lipinski definition) is 2. The van der Waals surface area contributed by atoms with Gasteiger partial charge < -0.3 is 15.3 Å². The highest BCUT2D eigenvalue weighted by molar-refractivity contribution is 7.88. The smallest absolute Gasteiger partial charge is 0.255 e. The van der Waals surface area contributed by atoms with E-state index < -0.39 is 10.0 Å². The molecule has 1 atom stereocenters. The summed E-state index contributed by atoms with van der Waals surface area (Å²) in [5.41, 5.74) is 2.77. The standard InChI is InChI=1S/C21H26N6O4S/c1-15-17(21(29)25-8-10-26(11-9-25)32(2,30)31)12-27-19(15)20(22-14-23-27)24-18(13-28)16-6-4-3-5-7-16/h3-7,12,14,18,28H,8-11,13H2,1-2H3,(H,22,23,24)/t18-/m1/s1. The zero-order valence-electron chi connectivity index (χ0n) is 18.0. The Bertz CT molecular complexity index is 1220. The van der Waals surface area contributed by atoms with Crippen LogP contribution >= 0.6 is 0 Å². The molecular weight excluding hydrogens is 432 g/mol. The lowest BCUT2D eigenvalue weighted by Gasteiger charge is -2.33. The van der Waals surface area contributed by atoms with Gasteiger partial charge in [0.2, 0.25) is 10.0 Å². The van der Waals surface area contributed by atoms with Crippen molar-refractivity contribution in [3.63, 3.8) is 0 Å². The van der Waals surface area contributed by atoms with E-state index in [0.717, 1.165) is 5.56 Å². The van der Waals surface area contributed by atoms with Gasteiger partial charge in [0.05, 0.1) is 24.5 Å². The summed E-state index contributed by atoms with van der Waals surface area (Å²) in [7, 11) is -3.27. The van der Waals surface area contributed by atoms with Gasteiger partial charge in [-0.1, -0.05) is 30.3 Å². The van der Waals surface area contributed by atoms with Crippen molar-refractivity contribution in [1.29, 1.82) is 0 Å². The Labute approximate surface area is 186 Å². The van der Waals surface area contributed by atoms with E-state index in [0.29, 0.717) is 35.6 Å². The van der Waals surface area contributed by atoms with Gasteiger partial charge >= 0.3 is 0 Å². The van der Waals surface area contributed by atoms with Crippen molar-refractivity contribution in [2.24, 2.45) is 0 Å². The van der Waals surface area contributed by atoms with E-state index in [1.54, 1.807) is 15.6 Å². The summed E-state index contributed by atoms with van der Waals surface area (Å²) < 4.78 is 26.5. The molecule has 2 N–H and O–H groups in total. The molecule has 32 heavy (non-hydrogen) atoms. The van der Waals surface area contributed by atoms with Crippen molar-refractivity contribution in [3.8, 4) is 0 Å². The van der Waals surface area contributed by atoms with E-state index in [9.17, 15) is 18.3 Å². The van der Waals surface area contributed by atoms with E-state index in [1.165, 1.54) is 16.9 Å². The van der Waals surface area contributed by atoms with Gasteiger partial charge in [0.15, 0.2) is 5.82 Å². The van der Waals surface area contributed by atoms with Crippen molar-refractivity contribution in [2.45, 2.75) is 13.0 Å². The molecule has 1 aliphatic rings. The number of amides is 1. The number of sulfonamides is 1. The number of aliphatic hydroxyl groups is 1. The van der Waals surface area contributed by atoms with Gasteiger partial charge in [-0.3, -0.25) is 4.79 Å². The molecule has 1 saturated heterocycles. The molecule has 0 bridgehead atoms. The van der Waals surface area contributed by atoms with Crippen LogP contribution in [-0.2, 0) is 10.0 Å². The molecule has 0 spiro atoms. The average Bonchev–Trinajstić information content (AvgIpc) is 3.14. The number of hydrogen-bond acceptors (Lipinski definition) is 7. The summed E-state index contributed by atoms with van der Waals surface area (Å²) in [4.78, 5) is 19.2. The molecule has 11 heteroatoms. The molecule has 0 unspecified atom stereocenters. The highest BCUT2D eigenvalue weighted by atomic mass is 32.2. The third-order valence-electron chi connectivity index (χ3n) is 5.75. The van der Waals surface area contributed by atoms with Crippen molar-refractivity contribution in [3.05, 3.63) is 59.5 Å². The molecular formula is C21H26N6O4S. The van der Waals surface area contributed by atoms with E-state index in [-0.39, 0.29) is 31.6 Å². The van der Waals surface area contributed by atoms with Crippen LogP contribution in [0, 0.1) is 6.92 Å². The second-order valence-corrected chi connectivity index (χ2v) is 9.80. The van der Waals surface area contributed by atoms with Crippen LogP contribution in [0.2, 0.25) is 0 Å². The Morgan fingerprint density at radius 3 is 2.50 bits per heavy atom. The molecule has 10 nitrogen and oxygen atoms in total. The predicted octanol–water partition coefficient (Wildman–Crippen LogP) is 0.901. The Hall–Kier alpha value is -3.02. The van der Waals surface area contributed by atoms with Crippen molar-refractivity contribution >= 4 is 27.3 Å². The minimum Gasteiger partial charge on any atom is -0.394 e. The molecule has 170 valence electrons. The van der Waals surface area contributed by atoms with Gasteiger partial charge in [-0.25, -0.2) is 17.9 Å². The first kappa shape index (κ1) is 22.2. The molecule has 1 aromatic carbocycles. The van der Waals surface area contributed by atoms with E-state index in [2.05, 4.69) is 15.4 Å². The number of rotatable bonds is 6. The van der Waals surface area contributed by atoms with Crippen LogP contribution in [0.15, 0.2) is 42.9 Å². The zero-order chi connectivity index (χ0) is 22.9. The highest BCUT2D eigenvalue weighted by Crippen LogP contribution is 2.27. The first-order valence-corrected chi connectivity index (χ1v) is 12.1. The number of aromatic nitrogens is 3. The number of fused-ring (bicyclic) bond motifs is 1. The molecule has 3 aromatic rings. The fraction of sp³-hybridized carbons (Fsp3) is 0.381. The average molecular weight is 459 g/mol. The Morgan fingerprint density at radius 2 is 1.88 bits per heavy atom. The van der Waals surface area contributed by atoms with Crippen LogP contribution < -0.4 is 5.32 Å². The number of carbonyl (C=O) groups is 1. The summed E-state index contributed by atoms with van der Waals surface area (Å²) >= 11 is 0. The minimum atomic E-state index is -3.27. The van der Waals surface area contributed by atoms with Crippen LogP contribution in [-0.4, -0.2) is 82.3 Å². The SMILES string of the molecule is Cc1c(C(=O)N2CCN(S(C)(=O)=O)CC2)cn2ncnc(N[C@H](CO)c3ccccc3)c12. The second kappa shape index (κ2) is 8.85. The van der Waals surface area contributed by atoms with Gasteiger partial charge in [-0.2, -0.15) is 9.40 Å². The number of nitrogens with one attached hydrogen (secondary N) is 1. The van der Waals surface area contributed by atoms with Crippen LogP contribution in [0.3, 0.4) is 0 Å². The minimum absolute atomic E-state index is 0.129. The van der Waals surface area contributed by atoms with Crippen molar-refractivity contribution < 1.29 is 18.3 Å². The number of aryl methyl sites for hydroxylation is 1. The number of anilines is 1. The summed E-state index contributed by atoms with van der Waals surface area (Å²) in [6, 6.07) is 9.18. The van der Waals surface area contributed by atoms with E-state index >= 15 is 0 Å². The zero-order valence-corrected chi connectivity index (χ0v) is 18.8. The molecule has 0 aliphatic carbocycles. The molecule has 0 radical (unpaired) electrons. The van der Waals surface area contributed by atoms with Crippen LogP contribution in [0.1, 0.15) is 27.5 Å². The molecule has 1 amide bonds. The van der Waals surface area contributed by atoms with Crippen molar-refractivity contribution in [1.82, 2.24) is 23.8 Å². The Morgan fingerprint density at radius 1 is 1.19 bits per heavy atom. The highest BCUT2D eigenvalue weighted by Gasteiger charge is 2.29. The lowest BCUT2D eigenvalue weighted by Crippen LogP contribution is -2.50. The van der Waals surface area contributed by atoms with Gasteiger partial charge in [0, 0.05) is 32.4 Å². The first-order chi connectivity index (χ1) is 15.3. The normalized spacial score (nSPS) is 16.3. The Balaban J connectivity index is 1.60. The summed E-state index contributed by atoms with van der Waals surface area (Å²) in [5.74, 6) is 0.343. The fourth-order valence-corrected chi connectivity index (χ4v) is 4.79. The molecule has 4 rings (SSSR count). The van der Waals surface area contributed by atoms with Crippen LogP contribution in [0.25, 0.3) is 5.52 Å². The lowest BCUT2D eigenvalue weighted by molar-refractivity contribution is 0.0697. The molecule has 2 aromatic heterocycles. The number of carbonyl (C=O) groups excluding carboxylic acids is 1. The van der Waals surface area contributed by atoms with Gasteiger partial charge in [-0.15, -0.1) is 0 Å². The maximum absolute atomic E-state index is 13.2. The van der Waals surface area contributed by atoms with E-state index in [1.807, 2.05) is 37.3 Å². The largest absolute Gasteiger partial charge is 0.394 e. The topological polar surface area (TPSA) is 120 Å². The van der Waals surface area contributed by atoms with Crippen LogP contribution in [0.5, 0.6) is 0 Å². The third-order valence-corrected chi connectivity index (χ3v) is 7.05. The number of benzene rings is 1. The maximum Gasteiger partial charge on any atom is 0.255 e. The Kier molecular flexibility index (Phi) is 6.13. The molecule has 1 aliphatic heterocycles. The van der Waals surface area contributed by atoms with Gasteiger partial charge in [0.1, 0.15) is 11.8 Å². The monoisotopic (exact) mass is 458 g/mol. The summed E-state index contributed by atoms with van der Waals surface area (Å²) in [6.07, 6.45) is 4.24. The maximum atomic E-state index is 13.2. The van der Waals surface area contributed by atoms with Gasteiger partial charge in [0.25, 0.3) is 5.91 Å². The summed E-state index contributed by atoms with van der Waals surface area (Å²) in [5, 5.41) is 17.4. The third kappa shape index (κ3) is 4.31. The molecule has 1 fully saturated rings.